The Morgan fingerprint density at radius 1 is 1.12 bits per heavy atom. The lowest BCUT2D eigenvalue weighted by molar-refractivity contribution is -0.718. The molecule has 0 saturated heterocycles. The number of carbonyl (C=O) groups is 1. The molecule has 138 valence electrons. The van der Waals surface area contributed by atoms with E-state index in [1.165, 1.54) is 5.70 Å². The van der Waals surface area contributed by atoms with E-state index in [0.717, 1.165) is 13.0 Å². The summed E-state index contributed by atoms with van der Waals surface area (Å²) in [6.07, 6.45) is 12.9. The van der Waals surface area contributed by atoms with E-state index in [2.05, 4.69) is 14.9 Å². The number of benzene rings is 1. The van der Waals surface area contributed by atoms with Crippen LogP contribution in [0.3, 0.4) is 0 Å². The van der Waals surface area contributed by atoms with Crippen molar-refractivity contribution in [3.05, 3.63) is 60.7 Å². The average Bonchev–Trinajstić information content (AvgIpc) is 2.63. The van der Waals surface area contributed by atoms with Crippen molar-refractivity contribution in [1.82, 2.24) is 5.32 Å². The van der Waals surface area contributed by atoms with Gasteiger partial charge in [-0.1, -0.05) is 0 Å². The smallest absolute Gasteiger partial charge is 0.251 e. The van der Waals surface area contributed by atoms with Gasteiger partial charge in [0.15, 0.2) is 12.2 Å². The minimum atomic E-state index is -0.0896. The van der Waals surface area contributed by atoms with Gasteiger partial charge in [0, 0.05) is 30.1 Å². The van der Waals surface area contributed by atoms with Crippen molar-refractivity contribution in [2.45, 2.75) is 13.0 Å². The number of dihydropyridines is 1. The van der Waals surface area contributed by atoms with E-state index in [4.69, 9.17) is 5.73 Å². The molecule has 0 bridgehead atoms. The molecule has 26 heavy (non-hydrogen) atoms. The Morgan fingerprint density at radius 3 is 2.42 bits per heavy atom. The van der Waals surface area contributed by atoms with Crippen LogP contribution in [0.25, 0.3) is 5.70 Å². The zero-order valence-electron chi connectivity index (χ0n) is 14.4. The molecular weight excluding hydrogens is 334 g/mol. The molecule has 1 aromatic heterocycles. The van der Waals surface area contributed by atoms with Gasteiger partial charge in [-0.15, -0.1) is 0 Å². The minimum absolute atomic E-state index is 0. The molecule has 3 rings (SSSR count). The van der Waals surface area contributed by atoms with Crippen LogP contribution >= 0.6 is 0 Å². The second-order valence-electron chi connectivity index (χ2n) is 5.58. The van der Waals surface area contributed by atoms with Crippen LogP contribution < -0.4 is 20.2 Å². The number of carbonyl (C=O) groups excluding carboxylic acids is 1. The summed E-state index contributed by atoms with van der Waals surface area (Å²) in [5.74, 6) is -0.0896. The third-order valence-corrected chi connectivity index (χ3v) is 3.87. The van der Waals surface area contributed by atoms with Crippen LogP contribution in [0, 0.1) is 0 Å². The molecule has 0 atom stereocenters. The molecule has 0 unspecified atom stereocenters. The summed E-state index contributed by atoms with van der Waals surface area (Å²) >= 11 is 0. The molecule has 0 radical (unpaired) electrons. The summed E-state index contributed by atoms with van der Waals surface area (Å²) in [6.45, 7) is 2.11. The number of amides is 1. The van der Waals surface area contributed by atoms with E-state index in [-0.39, 0.29) is 16.9 Å². The lowest BCUT2D eigenvalue weighted by atomic mass is 10.2. The maximum atomic E-state index is 12.0. The highest BCUT2D eigenvalue weighted by Gasteiger charge is 2.13. The first-order chi connectivity index (χ1) is 11.7. The number of nitrogens with one attached hydrogen (secondary N) is 1. The summed E-state index contributed by atoms with van der Waals surface area (Å²) < 4.78 is 4.13. The number of anilines is 1. The lowest BCUT2D eigenvalue weighted by Crippen LogP contribution is -2.44. The summed E-state index contributed by atoms with van der Waals surface area (Å²) in [6, 6.07) is 6.91. The topological polar surface area (TPSA) is 138 Å². The second kappa shape index (κ2) is 10.0. The Hall–Kier alpha value is -3.10. The van der Waals surface area contributed by atoms with Crippen LogP contribution in [0.5, 0.6) is 0 Å². The van der Waals surface area contributed by atoms with Crippen LogP contribution in [0.1, 0.15) is 16.8 Å². The number of hydrogen-bond donors (Lipinski definition) is 2. The summed E-state index contributed by atoms with van der Waals surface area (Å²) in [7, 11) is 0. The number of allylic oxidation sites excluding steroid dienone is 1. The van der Waals surface area contributed by atoms with Crippen LogP contribution in [-0.2, 0) is 6.54 Å². The third kappa shape index (κ3) is 5.47. The molecule has 2 heterocycles. The van der Waals surface area contributed by atoms with Crippen molar-refractivity contribution in [2.24, 2.45) is 4.99 Å². The molecule has 0 spiro atoms. The van der Waals surface area contributed by atoms with E-state index in [1.54, 1.807) is 24.3 Å². The predicted molar refractivity (Wildman–Crippen MR) is 99.5 cm³/mol. The number of nitrogen functional groups attached to an aromatic ring is 1. The van der Waals surface area contributed by atoms with Crippen LogP contribution in [0.2, 0.25) is 0 Å². The molecule has 0 aliphatic carbocycles. The van der Waals surface area contributed by atoms with Gasteiger partial charge in [0.1, 0.15) is 0 Å². The van der Waals surface area contributed by atoms with Gasteiger partial charge < -0.3 is 22.0 Å². The molecule has 8 nitrogen and oxygen atoms in total. The van der Waals surface area contributed by atoms with Gasteiger partial charge >= 0.3 is 0 Å². The number of aromatic nitrogens is 2. The Balaban J connectivity index is 0.00000169. The van der Waals surface area contributed by atoms with Crippen molar-refractivity contribution in [3.63, 3.8) is 0 Å². The van der Waals surface area contributed by atoms with Gasteiger partial charge in [0.05, 0.1) is 13.0 Å². The highest BCUT2D eigenvalue weighted by atomic mass is 16.1. The Bertz CT molecular complexity index is 770. The minimum Gasteiger partial charge on any atom is -0.412 e. The van der Waals surface area contributed by atoms with Crippen molar-refractivity contribution in [1.29, 1.82) is 0 Å². The zero-order chi connectivity index (χ0) is 16.8. The maximum Gasteiger partial charge on any atom is 0.251 e. The quantitative estimate of drug-likeness (QED) is 0.519. The van der Waals surface area contributed by atoms with Crippen LogP contribution in [-0.4, -0.2) is 36.2 Å². The highest BCUT2D eigenvalue weighted by Crippen LogP contribution is 2.05. The normalized spacial score (nSPS) is 12.4. The molecule has 0 saturated carbocycles. The number of nitrogens with zero attached hydrogens (tertiary/aromatic N) is 3. The first-order valence-corrected chi connectivity index (χ1v) is 7.96. The molecule has 7 N–H and O–H groups in total. The largest absolute Gasteiger partial charge is 0.412 e. The van der Waals surface area contributed by atoms with Crippen molar-refractivity contribution in [2.75, 3.05) is 18.8 Å². The zero-order valence-corrected chi connectivity index (χ0v) is 14.4. The first-order valence-electron chi connectivity index (χ1n) is 7.96. The summed E-state index contributed by atoms with van der Waals surface area (Å²) in [4.78, 5) is 16.2. The second-order valence-corrected chi connectivity index (χ2v) is 5.58. The molecule has 2 aromatic rings. The fourth-order valence-corrected chi connectivity index (χ4v) is 2.48. The van der Waals surface area contributed by atoms with Gasteiger partial charge in [-0.3, -0.25) is 9.79 Å². The molecule has 1 amide bonds. The number of hydrogen-bond acceptors (Lipinski definition) is 3. The van der Waals surface area contributed by atoms with Crippen molar-refractivity contribution in [3.8, 4) is 0 Å². The fourth-order valence-electron chi connectivity index (χ4n) is 2.48. The Morgan fingerprint density at radius 2 is 1.81 bits per heavy atom. The van der Waals surface area contributed by atoms with Gasteiger partial charge in [0.2, 0.25) is 24.8 Å². The summed E-state index contributed by atoms with van der Waals surface area (Å²) in [5, 5.41) is 2.91. The van der Waals surface area contributed by atoms with E-state index in [1.807, 2.05) is 41.6 Å². The third-order valence-electron chi connectivity index (χ3n) is 3.87. The Labute approximate surface area is 151 Å². The highest BCUT2D eigenvalue weighted by molar-refractivity contribution is 5.94. The SMILES string of the molecule is Nc1ccc(C(=O)NCC[n+]2cc[n+](C3=CC=NCC3)cc2)cc1.O.O. The summed E-state index contributed by atoms with van der Waals surface area (Å²) in [5.41, 5.74) is 8.12. The Kier molecular flexibility index (Phi) is 8.07. The number of nitrogens with two attached hydrogens (primary N) is 1. The molecule has 1 aromatic carbocycles. The van der Waals surface area contributed by atoms with E-state index in [9.17, 15) is 4.79 Å². The molecule has 1 aliphatic heterocycles. The van der Waals surface area contributed by atoms with E-state index >= 15 is 0 Å². The molecule has 0 fully saturated rings. The first kappa shape index (κ1) is 20.9. The van der Waals surface area contributed by atoms with Gasteiger partial charge in [-0.25, -0.2) is 0 Å². The number of aliphatic imine (C=N–C) groups is 1. The standard InChI is InChI=1S/C18H20N5O.2H2O/c19-16-3-1-15(2-4-16)18(24)21-9-10-22-11-13-23(14-12-22)17-5-7-20-8-6-17;;/h1-5,7,11-14H,6,8-10H2,(H2-,19,21,24);2*1H2/q+1;;/p+1. The van der Waals surface area contributed by atoms with Gasteiger partial charge in [-0.05, 0) is 24.3 Å². The van der Waals surface area contributed by atoms with Gasteiger partial charge in [0.25, 0.3) is 5.91 Å². The lowest BCUT2D eigenvalue weighted by Gasteiger charge is -2.04. The monoisotopic (exact) mass is 359 g/mol. The van der Waals surface area contributed by atoms with Crippen molar-refractivity contribution >= 4 is 23.5 Å². The predicted octanol–water partition coefficient (Wildman–Crippen LogP) is -1.06. The fraction of sp³-hybridized carbons (Fsp3) is 0.222. The van der Waals surface area contributed by atoms with Crippen molar-refractivity contribution < 1.29 is 24.9 Å². The molecule has 8 heteroatoms. The molecular formula is C18H25N5O3+2. The number of rotatable bonds is 5. The average molecular weight is 359 g/mol. The van der Waals surface area contributed by atoms with Gasteiger partial charge in [-0.2, -0.15) is 9.13 Å². The molecule has 1 aliphatic rings. The van der Waals surface area contributed by atoms with Crippen LogP contribution in [0.15, 0.2) is 60.1 Å². The van der Waals surface area contributed by atoms with E-state index in [0.29, 0.717) is 24.3 Å². The van der Waals surface area contributed by atoms with E-state index < -0.39 is 0 Å². The van der Waals surface area contributed by atoms with Crippen LogP contribution in [0.4, 0.5) is 5.69 Å². The maximum absolute atomic E-state index is 12.0.